The third kappa shape index (κ3) is 3.07. The van der Waals surface area contributed by atoms with Crippen LogP contribution in [0.5, 0.6) is 0 Å². The van der Waals surface area contributed by atoms with Crippen LogP contribution in [0.15, 0.2) is 29.3 Å². The first-order chi connectivity index (χ1) is 8.54. The summed E-state index contributed by atoms with van der Waals surface area (Å²) in [6.45, 7) is 2.02. The second kappa shape index (κ2) is 5.18. The van der Waals surface area contributed by atoms with Crippen LogP contribution < -0.4 is 11.1 Å². The molecular weight excluding hydrogens is 298 g/mol. The number of nitrogens with zero attached hydrogens (tertiary/aromatic N) is 3. The van der Waals surface area contributed by atoms with Crippen LogP contribution in [-0.2, 0) is 11.3 Å². The van der Waals surface area contributed by atoms with Crippen LogP contribution >= 0.6 is 15.9 Å². The maximum Gasteiger partial charge on any atom is 0.246 e. The second-order valence-electron chi connectivity index (χ2n) is 3.85. The van der Waals surface area contributed by atoms with Crippen molar-refractivity contribution in [1.82, 2.24) is 14.8 Å². The van der Waals surface area contributed by atoms with Crippen LogP contribution in [0.4, 0.5) is 11.4 Å². The van der Waals surface area contributed by atoms with E-state index in [-0.39, 0.29) is 12.5 Å². The minimum atomic E-state index is -0.179. The Bertz CT molecular complexity index is 581. The van der Waals surface area contributed by atoms with Crippen LogP contribution in [0.1, 0.15) is 5.56 Å². The van der Waals surface area contributed by atoms with Crippen molar-refractivity contribution in [3.05, 3.63) is 34.8 Å². The molecule has 1 amide bonds. The molecule has 2 rings (SSSR count). The Kier molecular flexibility index (Phi) is 3.61. The summed E-state index contributed by atoms with van der Waals surface area (Å²) in [5, 5.41) is 6.68. The summed E-state index contributed by atoms with van der Waals surface area (Å²) in [4.78, 5) is 15.8. The van der Waals surface area contributed by atoms with E-state index in [2.05, 4.69) is 31.3 Å². The van der Waals surface area contributed by atoms with E-state index in [1.807, 2.05) is 13.0 Å². The summed E-state index contributed by atoms with van der Waals surface area (Å²) in [6, 6.07) is 1.84. The summed E-state index contributed by atoms with van der Waals surface area (Å²) >= 11 is 3.30. The predicted molar refractivity (Wildman–Crippen MR) is 71.9 cm³/mol. The first-order valence-electron chi connectivity index (χ1n) is 5.24. The zero-order chi connectivity index (χ0) is 13.1. The van der Waals surface area contributed by atoms with Crippen LogP contribution in [0.3, 0.4) is 0 Å². The van der Waals surface area contributed by atoms with Crippen LogP contribution in [0, 0.1) is 6.92 Å². The number of nitrogens with two attached hydrogens (primary N) is 1. The average molecular weight is 310 g/mol. The van der Waals surface area contributed by atoms with Crippen LogP contribution in [0.2, 0.25) is 0 Å². The Balaban J connectivity index is 2.00. The number of anilines is 2. The van der Waals surface area contributed by atoms with E-state index in [0.717, 1.165) is 10.2 Å². The minimum absolute atomic E-state index is 0.117. The van der Waals surface area contributed by atoms with Gasteiger partial charge in [0.1, 0.15) is 11.1 Å². The van der Waals surface area contributed by atoms with Gasteiger partial charge in [-0.3, -0.25) is 9.48 Å². The molecule has 7 heteroatoms. The van der Waals surface area contributed by atoms with Gasteiger partial charge < -0.3 is 11.1 Å². The highest BCUT2D eigenvalue weighted by Crippen LogP contribution is 2.16. The Labute approximate surface area is 112 Å². The molecule has 0 bridgehead atoms. The van der Waals surface area contributed by atoms with Gasteiger partial charge in [-0.15, -0.1) is 0 Å². The molecule has 94 valence electrons. The molecule has 0 aliphatic heterocycles. The normalized spacial score (nSPS) is 10.3. The number of amides is 1. The molecule has 0 spiro atoms. The molecule has 0 saturated heterocycles. The van der Waals surface area contributed by atoms with Gasteiger partial charge in [-0.05, 0) is 34.5 Å². The fourth-order valence-corrected chi connectivity index (χ4v) is 1.66. The van der Waals surface area contributed by atoms with E-state index in [4.69, 9.17) is 5.73 Å². The van der Waals surface area contributed by atoms with Gasteiger partial charge in [0.2, 0.25) is 5.91 Å². The lowest BCUT2D eigenvalue weighted by Crippen LogP contribution is -2.19. The topological polar surface area (TPSA) is 85.8 Å². The van der Waals surface area contributed by atoms with Gasteiger partial charge in [-0.25, -0.2) is 4.98 Å². The van der Waals surface area contributed by atoms with Crippen molar-refractivity contribution in [1.29, 1.82) is 0 Å². The number of halogens is 1. The van der Waals surface area contributed by atoms with Crippen molar-refractivity contribution in [2.45, 2.75) is 13.5 Å². The summed E-state index contributed by atoms with van der Waals surface area (Å²) in [5.74, 6) is -0.179. The highest BCUT2D eigenvalue weighted by Gasteiger charge is 2.06. The number of aryl methyl sites for hydroxylation is 1. The van der Waals surface area contributed by atoms with E-state index >= 15 is 0 Å². The monoisotopic (exact) mass is 309 g/mol. The SMILES string of the molecule is Cc1cc(NC(=O)Cn2cc(N)cn2)cnc1Br. The van der Waals surface area contributed by atoms with Gasteiger partial charge in [0, 0.05) is 6.20 Å². The van der Waals surface area contributed by atoms with Crippen molar-refractivity contribution >= 4 is 33.2 Å². The lowest BCUT2D eigenvalue weighted by Gasteiger charge is -2.06. The molecule has 2 aromatic rings. The molecule has 0 radical (unpaired) electrons. The summed E-state index contributed by atoms with van der Waals surface area (Å²) in [6.07, 6.45) is 4.69. The molecule has 18 heavy (non-hydrogen) atoms. The highest BCUT2D eigenvalue weighted by molar-refractivity contribution is 9.10. The smallest absolute Gasteiger partial charge is 0.246 e. The molecule has 0 fully saturated rings. The van der Waals surface area contributed by atoms with Crippen molar-refractivity contribution in [3.63, 3.8) is 0 Å². The van der Waals surface area contributed by atoms with Crippen molar-refractivity contribution in [3.8, 4) is 0 Å². The molecule has 0 aliphatic rings. The maximum absolute atomic E-state index is 11.7. The first-order valence-corrected chi connectivity index (χ1v) is 6.04. The van der Waals surface area contributed by atoms with E-state index in [1.165, 1.54) is 10.9 Å². The predicted octanol–water partition coefficient (Wildman–Crippen LogP) is 1.57. The average Bonchev–Trinajstić information content (AvgIpc) is 2.69. The Morgan fingerprint density at radius 1 is 1.56 bits per heavy atom. The fraction of sp³-hybridized carbons (Fsp3) is 0.182. The maximum atomic E-state index is 11.7. The third-order valence-electron chi connectivity index (χ3n) is 2.26. The molecule has 0 unspecified atom stereocenters. The number of carbonyl (C=O) groups excluding carboxylic acids is 1. The van der Waals surface area contributed by atoms with Crippen molar-refractivity contribution in [2.75, 3.05) is 11.1 Å². The van der Waals surface area contributed by atoms with Crippen molar-refractivity contribution < 1.29 is 4.79 Å². The number of hydrogen-bond donors (Lipinski definition) is 2. The molecule has 2 aromatic heterocycles. The lowest BCUT2D eigenvalue weighted by molar-refractivity contribution is -0.116. The summed E-state index contributed by atoms with van der Waals surface area (Å²) in [5.41, 5.74) is 7.65. The number of aromatic nitrogens is 3. The Morgan fingerprint density at radius 2 is 2.33 bits per heavy atom. The zero-order valence-corrected chi connectivity index (χ0v) is 11.3. The summed E-state index contributed by atoms with van der Waals surface area (Å²) < 4.78 is 2.24. The number of carbonyl (C=O) groups is 1. The quantitative estimate of drug-likeness (QED) is 0.843. The number of nitrogen functional groups attached to an aromatic ring is 1. The largest absolute Gasteiger partial charge is 0.396 e. The molecule has 6 nitrogen and oxygen atoms in total. The molecule has 0 aromatic carbocycles. The number of nitrogens with one attached hydrogen (secondary N) is 1. The van der Waals surface area contributed by atoms with E-state index in [0.29, 0.717) is 11.4 Å². The minimum Gasteiger partial charge on any atom is -0.396 e. The van der Waals surface area contributed by atoms with E-state index in [9.17, 15) is 4.79 Å². The van der Waals surface area contributed by atoms with E-state index < -0.39 is 0 Å². The molecule has 3 N–H and O–H groups in total. The number of pyridine rings is 1. The van der Waals surface area contributed by atoms with Gasteiger partial charge in [-0.2, -0.15) is 5.10 Å². The molecular formula is C11H12BrN5O. The van der Waals surface area contributed by atoms with E-state index in [1.54, 1.807) is 12.4 Å². The third-order valence-corrected chi connectivity index (χ3v) is 3.09. The molecule has 0 saturated carbocycles. The van der Waals surface area contributed by atoms with Crippen LogP contribution in [0.25, 0.3) is 0 Å². The molecule has 2 heterocycles. The van der Waals surface area contributed by atoms with Gasteiger partial charge in [0.25, 0.3) is 0 Å². The Hall–Kier alpha value is -1.89. The highest BCUT2D eigenvalue weighted by atomic mass is 79.9. The first kappa shape index (κ1) is 12.6. The van der Waals surface area contributed by atoms with Gasteiger partial charge >= 0.3 is 0 Å². The summed E-state index contributed by atoms with van der Waals surface area (Å²) in [7, 11) is 0. The van der Waals surface area contributed by atoms with Gasteiger partial charge in [-0.1, -0.05) is 0 Å². The molecule has 0 atom stereocenters. The zero-order valence-electron chi connectivity index (χ0n) is 9.72. The standard InChI is InChI=1S/C11H12BrN5O/c1-7-2-9(4-14-11(7)12)16-10(18)6-17-5-8(13)3-15-17/h2-5H,6,13H2,1H3,(H,16,18). The number of rotatable bonds is 3. The van der Waals surface area contributed by atoms with Gasteiger partial charge in [0.05, 0.1) is 23.8 Å². The molecule has 0 aliphatic carbocycles. The lowest BCUT2D eigenvalue weighted by atomic mass is 10.3. The number of hydrogen-bond acceptors (Lipinski definition) is 4. The second-order valence-corrected chi connectivity index (χ2v) is 4.60. The fourth-order valence-electron chi connectivity index (χ4n) is 1.44. The van der Waals surface area contributed by atoms with Crippen LogP contribution in [-0.4, -0.2) is 20.7 Å². The Morgan fingerprint density at radius 3 is 2.94 bits per heavy atom. The van der Waals surface area contributed by atoms with Crippen molar-refractivity contribution in [2.24, 2.45) is 0 Å². The van der Waals surface area contributed by atoms with Gasteiger partial charge in [0.15, 0.2) is 0 Å².